The zero-order valence-corrected chi connectivity index (χ0v) is 16.7. The molecule has 2 heterocycles. The number of aromatic nitrogens is 1. The van der Waals surface area contributed by atoms with Gasteiger partial charge in [-0.05, 0) is 44.3 Å². The SMILES string of the molecule is CC(c1cccc(CN2CCc3onc(-c4cccc(F)c4)c3C2)c1)N(C)C. The fourth-order valence-electron chi connectivity index (χ4n) is 3.77. The van der Waals surface area contributed by atoms with Crippen LogP contribution >= 0.6 is 0 Å². The van der Waals surface area contributed by atoms with E-state index in [4.69, 9.17) is 4.52 Å². The number of rotatable bonds is 5. The van der Waals surface area contributed by atoms with Crippen molar-refractivity contribution in [1.82, 2.24) is 15.0 Å². The maximum absolute atomic E-state index is 13.6. The Morgan fingerprint density at radius 3 is 2.79 bits per heavy atom. The Bertz CT molecular complexity index is 966. The van der Waals surface area contributed by atoms with E-state index in [-0.39, 0.29) is 5.82 Å². The smallest absolute Gasteiger partial charge is 0.143 e. The predicted octanol–water partition coefficient (Wildman–Crippen LogP) is 4.66. The number of halogens is 1. The molecule has 1 aliphatic heterocycles. The first kappa shape index (κ1) is 18.8. The van der Waals surface area contributed by atoms with E-state index in [0.717, 1.165) is 48.6 Å². The van der Waals surface area contributed by atoms with Crippen molar-refractivity contribution in [2.75, 3.05) is 20.6 Å². The fraction of sp³-hybridized carbons (Fsp3) is 0.348. The molecule has 1 unspecified atom stereocenters. The fourth-order valence-corrected chi connectivity index (χ4v) is 3.77. The van der Waals surface area contributed by atoms with E-state index in [1.54, 1.807) is 6.07 Å². The lowest BCUT2D eigenvalue weighted by atomic mass is 10.00. The average Bonchev–Trinajstić information content (AvgIpc) is 3.11. The Labute approximate surface area is 165 Å². The third kappa shape index (κ3) is 3.86. The summed E-state index contributed by atoms with van der Waals surface area (Å²) in [4.78, 5) is 4.62. The molecular formula is C23H26FN3O. The van der Waals surface area contributed by atoms with Gasteiger partial charge in [-0.25, -0.2) is 4.39 Å². The molecule has 0 radical (unpaired) electrons. The zero-order chi connectivity index (χ0) is 19.7. The molecular weight excluding hydrogens is 353 g/mol. The minimum Gasteiger partial charge on any atom is -0.360 e. The lowest BCUT2D eigenvalue weighted by Gasteiger charge is -2.27. The summed E-state index contributed by atoms with van der Waals surface area (Å²) in [6, 6.07) is 15.7. The van der Waals surface area contributed by atoms with Crippen molar-refractivity contribution in [3.05, 3.63) is 76.8 Å². The standard InChI is InChI=1S/C23H26FN3O/c1-16(26(2)3)18-7-4-6-17(12-18)14-27-11-10-22-21(15-27)23(25-28-22)19-8-5-9-20(24)13-19/h4-9,12-13,16H,10-11,14-15H2,1-3H3. The Morgan fingerprint density at radius 2 is 2.00 bits per heavy atom. The second-order valence-electron chi connectivity index (χ2n) is 7.79. The molecule has 4 rings (SSSR count). The van der Waals surface area contributed by atoms with Crippen LogP contribution in [0.25, 0.3) is 11.3 Å². The number of fused-ring (bicyclic) bond motifs is 1. The van der Waals surface area contributed by atoms with Crippen LogP contribution in [0, 0.1) is 5.82 Å². The molecule has 0 saturated carbocycles. The van der Waals surface area contributed by atoms with Crippen LogP contribution in [0.15, 0.2) is 53.1 Å². The molecule has 3 aromatic rings. The van der Waals surface area contributed by atoms with Crippen LogP contribution in [0.1, 0.15) is 35.4 Å². The second kappa shape index (κ2) is 7.86. The summed E-state index contributed by atoms with van der Waals surface area (Å²) < 4.78 is 19.2. The molecule has 1 atom stereocenters. The summed E-state index contributed by atoms with van der Waals surface area (Å²) in [5, 5.41) is 4.23. The molecule has 0 bridgehead atoms. The number of benzene rings is 2. The molecule has 28 heavy (non-hydrogen) atoms. The maximum atomic E-state index is 13.6. The Hall–Kier alpha value is -2.50. The van der Waals surface area contributed by atoms with Gasteiger partial charge in [0.25, 0.3) is 0 Å². The lowest BCUT2D eigenvalue weighted by Crippen LogP contribution is -2.29. The summed E-state index contributed by atoms with van der Waals surface area (Å²) in [5.74, 6) is 0.666. The van der Waals surface area contributed by atoms with Crippen molar-refractivity contribution in [1.29, 1.82) is 0 Å². The third-order valence-electron chi connectivity index (χ3n) is 5.62. The van der Waals surface area contributed by atoms with Gasteiger partial charge in [0.05, 0.1) is 0 Å². The van der Waals surface area contributed by atoms with Gasteiger partial charge in [0.2, 0.25) is 0 Å². The zero-order valence-electron chi connectivity index (χ0n) is 16.7. The van der Waals surface area contributed by atoms with E-state index in [1.165, 1.54) is 23.3 Å². The van der Waals surface area contributed by atoms with Crippen molar-refractivity contribution >= 4 is 0 Å². The summed E-state index contributed by atoms with van der Waals surface area (Å²) in [5.41, 5.74) is 5.24. The van der Waals surface area contributed by atoms with Gasteiger partial charge in [0, 0.05) is 43.2 Å². The van der Waals surface area contributed by atoms with Crippen LogP contribution in [0.4, 0.5) is 4.39 Å². The monoisotopic (exact) mass is 379 g/mol. The molecule has 1 aliphatic rings. The highest BCUT2D eigenvalue weighted by Gasteiger charge is 2.25. The van der Waals surface area contributed by atoms with Gasteiger partial charge < -0.3 is 9.42 Å². The topological polar surface area (TPSA) is 32.5 Å². The molecule has 0 amide bonds. The first-order valence-corrected chi connectivity index (χ1v) is 9.72. The van der Waals surface area contributed by atoms with Crippen molar-refractivity contribution in [3.8, 4) is 11.3 Å². The number of nitrogens with zero attached hydrogens (tertiary/aromatic N) is 3. The second-order valence-corrected chi connectivity index (χ2v) is 7.79. The van der Waals surface area contributed by atoms with Crippen molar-refractivity contribution in [2.45, 2.75) is 32.5 Å². The molecule has 2 aromatic carbocycles. The molecule has 0 saturated heterocycles. The molecule has 0 aliphatic carbocycles. The van der Waals surface area contributed by atoms with E-state index < -0.39 is 0 Å². The van der Waals surface area contributed by atoms with E-state index >= 15 is 0 Å². The van der Waals surface area contributed by atoms with Crippen molar-refractivity contribution in [3.63, 3.8) is 0 Å². The minimum atomic E-state index is -0.256. The van der Waals surface area contributed by atoms with E-state index in [9.17, 15) is 4.39 Å². The summed E-state index contributed by atoms with van der Waals surface area (Å²) in [7, 11) is 4.20. The van der Waals surface area contributed by atoms with Gasteiger partial charge in [-0.15, -0.1) is 0 Å². The molecule has 0 spiro atoms. The molecule has 146 valence electrons. The van der Waals surface area contributed by atoms with Crippen LogP contribution in [-0.4, -0.2) is 35.6 Å². The number of hydrogen-bond donors (Lipinski definition) is 0. The third-order valence-corrected chi connectivity index (χ3v) is 5.62. The van der Waals surface area contributed by atoms with Crippen molar-refractivity contribution in [2.24, 2.45) is 0 Å². The van der Waals surface area contributed by atoms with Crippen LogP contribution < -0.4 is 0 Å². The van der Waals surface area contributed by atoms with E-state index in [2.05, 4.69) is 60.2 Å². The summed E-state index contributed by atoms with van der Waals surface area (Å²) >= 11 is 0. The molecule has 0 fully saturated rings. The van der Waals surface area contributed by atoms with Crippen LogP contribution in [-0.2, 0) is 19.5 Å². The number of hydrogen-bond acceptors (Lipinski definition) is 4. The Morgan fingerprint density at radius 1 is 1.18 bits per heavy atom. The molecule has 0 N–H and O–H groups in total. The van der Waals surface area contributed by atoms with Crippen LogP contribution in [0.3, 0.4) is 0 Å². The Kier molecular flexibility index (Phi) is 5.29. The van der Waals surface area contributed by atoms with E-state index in [0.29, 0.717) is 6.04 Å². The largest absolute Gasteiger partial charge is 0.360 e. The first-order valence-electron chi connectivity index (χ1n) is 9.72. The highest BCUT2D eigenvalue weighted by Crippen LogP contribution is 2.31. The normalized spacial score (nSPS) is 15.6. The highest BCUT2D eigenvalue weighted by atomic mass is 19.1. The van der Waals surface area contributed by atoms with Gasteiger partial charge in [0.1, 0.15) is 17.3 Å². The van der Waals surface area contributed by atoms with Gasteiger partial charge >= 0.3 is 0 Å². The quantitative estimate of drug-likeness (QED) is 0.645. The van der Waals surface area contributed by atoms with Gasteiger partial charge in [-0.3, -0.25) is 4.90 Å². The molecule has 1 aromatic heterocycles. The minimum absolute atomic E-state index is 0.256. The van der Waals surface area contributed by atoms with Gasteiger partial charge in [0.15, 0.2) is 0 Å². The summed E-state index contributed by atoms with van der Waals surface area (Å²) in [6.45, 7) is 4.78. The lowest BCUT2D eigenvalue weighted by molar-refractivity contribution is 0.228. The molecule has 5 heteroatoms. The van der Waals surface area contributed by atoms with Crippen LogP contribution in [0.5, 0.6) is 0 Å². The Balaban J connectivity index is 1.53. The van der Waals surface area contributed by atoms with Gasteiger partial charge in [-0.2, -0.15) is 0 Å². The van der Waals surface area contributed by atoms with Crippen LogP contribution in [0.2, 0.25) is 0 Å². The summed E-state index contributed by atoms with van der Waals surface area (Å²) in [6.07, 6.45) is 0.825. The first-order chi connectivity index (χ1) is 13.5. The molecule has 4 nitrogen and oxygen atoms in total. The van der Waals surface area contributed by atoms with Crippen molar-refractivity contribution < 1.29 is 8.91 Å². The average molecular weight is 379 g/mol. The predicted molar refractivity (Wildman–Crippen MR) is 108 cm³/mol. The van der Waals surface area contributed by atoms with Gasteiger partial charge in [-0.1, -0.05) is 41.6 Å². The maximum Gasteiger partial charge on any atom is 0.143 e. The van der Waals surface area contributed by atoms with E-state index in [1.807, 2.05) is 6.07 Å². The highest BCUT2D eigenvalue weighted by molar-refractivity contribution is 5.63.